The molecule has 1 fully saturated rings. The summed E-state index contributed by atoms with van der Waals surface area (Å²) in [5, 5.41) is 4.94. The van der Waals surface area contributed by atoms with Gasteiger partial charge in [0.1, 0.15) is 16.5 Å². The number of carbonyl (C=O) groups excluding carboxylic acids is 2. The Morgan fingerprint density at radius 2 is 1.74 bits per heavy atom. The van der Waals surface area contributed by atoms with Crippen molar-refractivity contribution in [3.63, 3.8) is 0 Å². The molecule has 12 heteroatoms. The number of rotatable bonds is 9. The van der Waals surface area contributed by atoms with Crippen LogP contribution in [0, 0.1) is 5.82 Å². The van der Waals surface area contributed by atoms with Gasteiger partial charge >= 0.3 is 0 Å². The van der Waals surface area contributed by atoms with Crippen molar-refractivity contribution in [1.29, 1.82) is 0 Å². The predicted octanol–water partition coefficient (Wildman–Crippen LogP) is 2.84. The summed E-state index contributed by atoms with van der Waals surface area (Å²) in [6.45, 7) is 1.43. The van der Waals surface area contributed by atoms with Gasteiger partial charge in [0, 0.05) is 18.8 Å². The molecule has 4 rings (SSSR count). The number of methoxy groups -OCH3 is 1. The van der Waals surface area contributed by atoms with E-state index in [0.717, 1.165) is 6.07 Å². The number of anilines is 3. The molecule has 3 aromatic rings. The lowest BCUT2D eigenvalue weighted by Crippen LogP contribution is -2.37. The monoisotopic (exact) mass is 542 g/mol. The molecule has 2 amide bonds. The largest absolute Gasteiger partial charge is 0.495 e. The zero-order valence-electron chi connectivity index (χ0n) is 20.6. The zero-order valence-corrected chi connectivity index (χ0v) is 21.4. The van der Waals surface area contributed by atoms with Crippen LogP contribution in [0.5, 0.6) is 5.75 Å². The second-order valence-corrected chi connectivity index (χ2v) is 9.95. The second kappa shape index (κ2) is 11.9. The molecule has 1 aliphatic rings. The molecule has 0 atom stereocenters. The highest BCUT2D eigenvalue weighted by Crippen LogP contribution is 2.33. The van der Waals surface area contributed by atoms with Gasteiger partial charge in [-0.2, -0.15) is 0 Å². The topological polar surface area (TPSA) is 126 Å². The maximum atomic E-state index is 13.8. The molecule has 1 heterocycles. The minimum Gasteiger partial charge on any atom is -0.495 e. The molecule has 38 heavy (non-hydrogen) atoms. The molecule has 1 saturated heterocycles. The number of halogens is 1. The molecular weight excluding hydrogens is 515 g/mol. The Labute approximate surface area is 219 Å². The Morgan fingerprint density at radius 3 is 2.47 bits per heavy atom. The van der Waals surface area contributed by atoms with Crippen LogP contribution in [0.1, 0.15) is 10.4 Å². The number of morpholine rings is 1. The van der Waals surface area contributed by atoms with Crippen LogP contribution in [0.25, 0.3) is 0 Å². The van der Waals surface area contributed by atoms with Gasteiger partial charge in [0.2, 0.25) is 5.91 Å². The summed E-state index contributed by atoms with van der Waals surface area (Å²) in [6.07, 6.45) is 0. The van der Waals surface area contributed by atoms with Crippen molar-refractivity contribution in [1.82, 2.24) is 5.32 Å². The Hall–Kier alpha value is -4.16. The summed E-state index contributed by atoms with van der Waals surface area (Å²) in [7, 11) is -2.69. The van der Waals surface area contributed by atoms with Crippen LogP contribution in [0.15, 0.2) is 71.6 Å². The molecule has 200 valence electrons. The van der Waals surface area contributed by atoms with Crippen LogP contribution >= 0.6 is 0 Å². The number of nitrogens with one attached hydrogen (secondary N) is 3. The van der Waals surface area contributed by atoms with Crippen LogP contribution in [0.3, 0.4) is 0 Å². The zero-order chi connectivity index (χ0) is 27.1. The lowest BCUT2D eigenvalue weighted by atomic mass is 10.2. The van der Waals surface area contributed by atoms with Gasteiger partial charge in [0.25, 0.3) is 15.9 Å². The van der Waals surface area contributed by atoms with Crippen molar-refractivity contribution >= 4 is 38.9 Å². The first-order chi connectivity index (χ1) is 18.3. The molecule has 0 aromatic heterocycles. The lowest BCUT2D eigenvalue weighted by molar-refractivity contribution is -0.115. The number of nitrogens with zero attached hydrogens (tertiary/aromatic N) is 1. The van der Waals surface area contributed by atoms with Crippen molar-refractivity contribution in [3.8, 4) is 5.75 Å². The van der Waals surface area contributed by atoms with Crippen molar-refractivity contribution in [2.45, 2.75) is 4.90 Å². The first-order valence-corrected chi connectivity index (χ1v) is 13.2. The van der Waals surface area contributed by atoms with Crippen LogP contribution < -0.4 is 25.0 Å². The smallest absolute Gasteiger partial charge is 0.264 e. The molecule has 3 N–H and O–H groups in total. The van der Waals surface area contributed by atoms with E-state index in [9.17, 15) is 22.4 Å². The number of hydrogen-bond donors (Lipinski definition) is 3. The van der Waals surface area contributed by atoms with Gasteiger partial charge in [-0.05, 0) is 42.5 Å². The minimum absolute atomic E-state index is 0.0569. The molecule has 0 bridgehead atoms. The van der Waals surface area contributed by atoms with Crippen molar-refractivity contribution in [2.24, 2.45) is 0 Å². The summed E-state index contributed by atoms with van der Waals surface area (Å²) in [5.74, 6) is -1.72. The highest BCUT2D eigenvalue weighted by Gasteiger charge is 2.25. The third kappa shape index (κ3) is 6.39. The third-order valence-electron chi connectivity index (χ3n) is 5.76. The molecule has 0 unspecified atom stereocenters. The standard InChI is InChI=1S/C26H27FN4O6S/c1-36-23-9-5-4-8-21(23)30-38(34,35)24-16-18(10-11-22(24)31-12-14-37-15-13-31)29-25(32)17-28-26(33)19-6-2-3-7-20(19)27/h2-11,16,30H,12-15,17H2,1H3,(H,28,33)(H,29,32). The maximum Gasteiger partial charge on any atom is 0.264 e. The normalized spacial score (nSPS) is 13.5. The fourth-order valence-corrected chi connectivity index (χ4v) is 5.23. The Kier molecular flexibility index (Phi) is 8.44. The highest BCUT2D eigenvalue weighted by molar-refractivity contribution is 7.93. The van der Waals surface area contributed by atoms with Crippen LogP contribution in [-0.2, 0) is 19.6 Å². The number of carbonyl (C=O) groups is 2. The fourth-order valence-electron chi connectivity index (χ4n) is 3.91. The maximum absolute atomic E-state index is 13.8. The van der Waals surface area contributed by atoms with Crippen LogP contribution in [0.2, 0.25) is 0 Å². The average molecular weight is 543 g/mol. The van der Waals surface area contributed by atoms with E-state index < -0.39 is 34.2 Å². The Bertz CT molecular complexity index is 1430. The molecule has 10 nitrogen and oxygen atoms in total. The molecule has 1 aliphatic heterocycles. The van der Waals surface area contributed by atoms with Crippen LogP contribution in [-0.4, -0.2) is 60.2 Å². The number of benzene rings is 3. The van der Waals surface area contributed by atoms with Gasteiger partial charge in [-0.1, -0.05) is 24.3 Å². The van der Waals surface area contributed by atoms with E-state index in [2.05, 4.69) is 15.4 Å². The molecular formula is C26H27FN4O6S. The molecule has 3 aromatic carbocycles. The quantitative estimate of drug-likeness (QED) is 0.380. The summed E-state index contributed by atoms with van der Waals surface area (Å²) >= 11 is 0. The van der Waals surface area contributed by atoms with Gasteiger partial charge < -0.3 is 25.0 Å². The lowest BCUT2D eigenvalue weighted by Gasteiger charge is -2.30. The summed E-state index contributed by atoms with van der Waals surface area (Å²) in [4.78, 5) is 26.6. The van der Waals surface area contributed by atoms with Gasteiger partial charge in [-0.25, -0.2) is 12.8 Å². The van der Waals surface area contributed by atoms with Crippen molar-refractivity contribution in [2.75, 3.05) is 54.9 Å². The number of sulfonamides is 1. The van der Waals surface area contributed by atoms with E-state index in [-0.39, 0.29) is 21.8 Å². The Morgan fingerprint density at radius 1 is 1.03 bits per heavy atom. The van der Waals surface area contributed by atoms with E-state index in [1.807, 2.05) is 4.90 Å². The molecule has 0 saturated carbocycles. The van der Waals surface area contributed by atoms with E-state index in [1.54, 1.807) is 36.4 Å². The van der Waals surface area contributed by atoms with E-state index >= 15 is 0 Å². The van der Waals surface area contributed by atoms with Gasteiger partial charge in [-0.3, -0.25) is 14.3 Å². The second-order valence-electron chi connectivity index (χ2n) is 8.30. The van der Waals surface area contributed by atoms with E-state index in [1.165, 1.54) is 31.4 Å². The minimum atomic E-state index is -4.13. The van der Waals surface area contributed by atoms with Gasteiger partial charge in [-0.15, -0.1) is 0 Å². The molecule has 0 radical (unpaired) electrons. The third-order valence-corrected chi connectivity index (χ3v) is 7.16. The SMILES string of the molecule is COc1ccccc1NS(=O)(=O)c1cc(NC(=O)CNC(=O)c2ccccc2F)ccc1N1CCOCC1. The van der Waals surface area contributed by atoms with Crippen molar-refractivity contribution < 1.29 is 31.9 Å². The highest BCUT2D eigenvalue weighted by atomic mass is 32.2. The van der Waals surface area contributed by atoms with Crippen molar-refractivity contribution in [3.05, 3.63) is 78.1 Å². The first-order valence-electron chi connectivity index (χ1n) is 11.7. The van der Waals surface area contributed by atoms with E-state index in [4.69, 9.17) is 9.47 Å². The average Bonchev–Trinajstić information content (AvgIpc) is 2.92. The molecule has 0 aliphatic carbocycles. The van der Waals surface area contributed by atoms with E-state index in [0.29, 0.717) is 37.7 Å². The summed E-state index contributed by atoms with van der Waals surface area (Å²) in [5.41, 5.74) is 0.716. The summed E-state index contributed by atoms with van der Waals surface area (Å²) in [6, 6.07) is 16.5. The fraction of sp³-hybridized carbons (Fsp3) is 0.231. The summed E-state index contributed by atoms with van der Waals surface area (Å²) < 4.78 is 54.1. The number of hydrogen-bond acceptors (Lipinski definition) is 7. The predicted molar refractivity (Wildman–Crippen MR) is 141 cm³/mol. The first kappa shape index (κ1) is 26.9. The van der Waals surface area contributed by atoms with Gasteiger partial charge in [0.15, 0.2) is 0 Å². The van der Waals surface area contributed by atoms with Crippen LogP contribution in [0.4, 0.5) is 21.5 Å². The number of para-hydroxylation sites is 2. The van der Waals surface area contributed by atoms with Gasteiger partial charge in [0.05, 0.1) is 43.8 Å². The number of amides is 2. The Balaban J connectivity index is 1.56. The molecule has 0 spiro atoms. The number of ether oxygens (including phenoxy) is 2.